The number of benzene rings is 9. The minimum atomic E-state index is 1.15. The van der Waals surface area contributed by atoms with Crippen LogP contribution in [0.4, 0.5) is 0 Å². The summed E-state index contributed by atoms with van der Waals surface area (Å²) in [6.07, 6.45) is 0. The van der Waals surface area contributed by atoms with Crippen molar-refractivity contribution in [1.29, 1.82) is 0 Å². The molecule has 12 rings (SSSR count). The Hall–Kier alpha value is -7.62. The van der Waals surface area contributed by atoms with Gasteiger partial charge < -0.3 is 13.7 Å². The van der Waals surface area contributed by atoms with Crippen molar-refractivity contribution in [2.24, 2.45) is 0 Å². The normalized spacial score (nSPS) is 11.9. The van der Waals surface area contributed by atoms with Gasteiger partial charge in [-0.25, -0.2) is 0 Å². The number of nitrogens with zero attached hydrogens (tertiary/aromatic N) is 3. The van der Waals surface area contributed by atoms with Crippen molar-refractivity contribution in [3.63, 3.8) is 0 Å². The summed E-state index contributed by atoms with van der Waals surface area (Å²) < 4.78 is 7.30. The maximum absolute atomic E-state index is 2.47. The van der Waals surface area contributed by atoms with Gasteiger partial charge in [-0.2, -0.15) is 0 Å². The highest BCUT2D eigenvalue weighted by Gasteiger charge is 2.21. The van der Waals surface area contributed by atoms with E-state index in [9.17, 15) is 0 Å². The van der Waals surface area contributed by atoms with Crippen LogP contribution in [0.5, 0.6) is 0 Å². The van der Waals surface area contributed by atoms with Gasteiger partial charge in [0.1, 0.15) is 0 Å². The monoisotopic (exact) mass is 725 g/mol. The maximum atomic E-state index is 2.47. The van der Waals surface area contributed by atoms with Gasteiger partial charge >= 0.3 is 0 Å². The molecule has 0 fully saturated rings. The van der Waals surface area contributed by atoms with Crippen LogP contribution in [-0.2, 0) is 0 Å². The van der Waals surface area contributed by atoms with Crippen molar-refractivity contribution in [3.05, 3.63) is 212 Å². The fourth-order valence-corrected chi connectivity index (χ4v) is 9.49. The summed E-state index contributed by atoms with van der Waals surface area (Å²) in [6, 6.07) is 77.4. The number of fused-ring (bicyclic) bond motifs is 9. The smallest absolute Gasteiger partial charge is 0.0547 e. The largest absolute Gasteiger partial charge is 0.309 e. The van der Waals surface area contributed by atoms with Crippen LogP contribution < -0.4 is 0 Å². The van der Waals surface area contributed by atoms with Gasteiger partial charge in [0.15, 0.2) is 0 Å². The molecule has 0 atom stereocenters. The lowest BCUT2D eigenvalue weighted by Gasteiger charge is -2.18. The van der Waals surface area contributed by atoms with Crippen LogP contribution in [0, 0.1) is 0 Å². The topological polar surface area (TPSA) is 14.8 Å². The highest BCUT2D eigenvalue weighted by Crippen LogP contribution is 2.43. The summed E-state index contributed by atoms with van der Waals surface area (Å²) in [5, 5.41) is 7.51. The molecule has 0 bridgehead atoms. The van der Waals surface area contributed by atoms with Gasteiger partial charge in [-0.15, -0.1) is 0 Å². The van der Waals surface area contributed by atoms with E-state index in [0.29, 0.717) is 0 Å². The van der Waals surface area contributed by atoms with E-state index >= 15 is 0 Å². The number of aromatic nitrogens is 3. The molecule has 3 nitrogen and oxygen atoms in total. The van der Waals surface area contributed by atoms with E-state index < -0.39 is 0 Å². The minimum absolute atomic E-state index is 1.15. The zero-order valence-electron chi connectivity index (χ0n) is 31.0. The minimum Gasteiger partial charge on any atom is -0.309 e. The molecule has 0 amide bonds. The van der Waals surface area contributed by atoms with Crippen LogP contribution in [-0.4, -0.2) is 13.7 Å². The molecule has 12 aromatic rings. The number of rotatable bonds is 5. The van der Waals surface area contributed by atoms with E-state index in [0.717, 1.165) is 17.1 Å². The zero-order valence-corrected chi connectivity index (χ0v) is 31.0. The number of hydrogen-bond acceptors (Lipinski definition) is 0. The highest BCUT2D eigenvalue weighted by atomic mass is 15.0. The number of para-hydroxylation sites is 7. The van der Waals surface area contributed by atoms with Crippen molar-refractivity contribution in [2.45, 2.75) is 0 Å². The summed E-state index contributed by atoms with van der Waals surface area (Å²) >= 11 is 0. The average Bonchev–Trinajstić information content (AvgIpc) is 3.92. The maximum Gasteiger partial charge on any atom is 0.0547 e. The van der Waals surface area contributed by atoms with E-state index in [1.54, 1.807) is 0 Å². The van der Waals surface area contributed by atoms with Gasteiger partial charge in [0, 0.05) is 49.1 Å². The molecular weight excluding hydrogens is 691 g/mol. The third kappa shape index (κ3) is 4.66. The molecule has 0 spiro atoms. The molecule has 266 valence electrons. The molecule has 0 radical (unpaired) electrons. The van der Waals surface area contributed by atoms with Crippen molar-refractivity contribution in [1.82, 2.24) is 13.7 Å². The predicted molar refractivity (Wildman–Crippen MR) is 240 cm³/mol. The van der Waals surface area contributed by atoms with E-state index in [-0.39, 0.29) is 0 Å². The van der Waals surface area contributed by atoms with E-state index in [4.69, 9.17) is 0 Å². The van der Waals surface area contributed by atoms with E-state index in [1.165, 1.54) is 87.7 Å². The van der Waals surface area contributed by atoms with Gasteiger partial charge in [-0.05, 0) is 77.9 Å². The summed E-state index contributed by atoms with van der Waals surface area (Å²) in [5.74, 6) is 0. The van der Waals surface area contributed by atoms with Gasteiger partial charge in [-0.1, -0.05) is 146 Å². The Labute approximate surface area is 329 Å². The lowest BCUT2D eigenvalue weighted by Crippen LogP contribution is -2.01. The van der Waals surface area contributed by atoms with E-state index in [2.05, 4.69) is 226 Å². The van der Waals surface area contributed by atoms with Gasteiger partial charge in [0.25, 0.3) is 0 Å². The molecule has 3 aromatic heterocycles. The van der Waals surface area contributed by atoms with Crippen LogP contribution in [0.2, 0.25) is 0 Å². The molecule has 57 heavy (non-hydrogen) atoms. The molecule has 0 aliphatic heterocycles. The molecule has 0 unspecified atom stereocenters. The third-order valence-corrected chi connectivity index (χ3v) is 11.9. The fourth-order valence-electron chi connectivity index (χ4n) is 9.49. The quantitative estimate of drug-likeness (QED) is 0.168. The molecule has 0 aliphatic rings. The molecule has 3 heteroatoms. The fraction of sp³-hybridized carbons (Fsp3) is 0. The number of hydrogen-bond donors (Lipinski definition) is 0. The van der Waals surface area contributed by atoms with Crippen molar-refractivity contribution in [2.75, 3.05) is 0 Å². The molecule has 0 aliphatic carbocycles. The first-order valence-electron chi connectivity index (χ1n) is 19.6. The molecule has 9 aromatic carbocycles. The van der Waals surface area contributed by atoms with Crippen LogP contribution in [0.15, 0.2) is 212 Å². The predicted octanol–water partition coefficient (Wildman–Crippen LogP) is 14.3. The van der Waals surface area contributed by atoms with Gasteiger partial charge in [0.2, 0.25) is 0 Å². The van der Waals surface area contributed by atoms with Crippen LogP contribution in [0.3, 0.4) is 0 Å². The second-order valence-corrected chi connectivity index (χ2v) is 14.9. The first kappa shape index (κ1) is 31.7. The second kappa shape index (κ2) is 12.5. The van der Waals surface area contributed by atoms with E-state index in [1.807, 2.05) is 0 Å². The Kier molecular flexibility index (Phi) is 6.93. The summed E-state index contributed by atoms with van der Waals surface area (Å²) in [6.45, 7) is 0. The second-order valence-electron chi connectivity index (χ2n) is 14.9. The molecule has 0 saturated heterocycles. The van der Waals surface area contributed by atoms with Crippen molar-refractivity contribution >= 4 is 65.4 Å². The standard InChI is InChI=1S/C54H35N3/c1-2-17-37(18-3-1)55-51-31-15-9-24-44(51)54-38(25-16-32-53(54)55)36-33-34-52-45(35-36)43-23-8-14-30-50(43)57(52)49-29-13-7-22-42(49)41-21-6-12-28-48(41)56-46-26-10-4-19-39(46)40-20-5-11-27-47(40)56/h1-35H. The Morgan fingerprint density at radius 1 is 0.246 bits per heavy atom. The lowest BCUT2D eigenvalue weighted by atomic mass is 9.97. The molecular formula is C54H35N3. The SMILES string of the molecule is c1ccc(-n2c3ccccc3c3c(-c4ccc5c(c4)c4ccccc4n5-c4ccccc4-c4ccccc4-n4c5ccccc5c5ccccc54)cccc32)cc1. The summed E-state index contributed by atoms with van der Waals surface area (Å²) in [4.78, 5) is 0. The Balaban J connectivity index is 1.09. The first-order valence-corrected chi connectivity index (χ1v) is 19.6. The average molecular weight is 726 g/mol. The van der Waals surface area contributed by atoms with Crippen molar-refractivity contribution in [3.8, 4) is 39.3 Å². The summed E-state index contributed by atoms with van der Waals surface area (Å²) in [7, 11) is 0. The highest BCUT2D eigenvalue weighted by molar-refractivity contribution is 6.17. The van der Waals surface area contributed by atoms with Gasteiger partial charge in [0.05, 0.1) is 44.5 Å². The Morgan fingerprint density at radius 3 is 1.26 bits per heavy atom. The summed E-state index contributed by atoms with van der Waals surface area (Å²) in [5.41, 5.74) is 15.5. The Morgan fingerprint density at radius 2 is 0.667 bits per heavy atom. The van der Waals surface area contributed by atoms with Crippen LogP contribution >= 0.6 is 0 Å². The van der Waals surface area contributed by atoms with Crippen molar-refractivity contribution < 1.29 is 0 Å². The van der Waals surface area contributed by atoms with Gasteiger partial charge in [-0.3, -0.25) is 0 Å². The van der Waals surface area contributed by atoms with Crippen LogP contribution in [0.25, 0.3) is 105 Å². The third-order valence-electron chi connectivity index (χ3n) is 11.9. The molecule has 3 heterocycles. The lowest BCUT2D eigenvalue weighted by molar-refractivity contribution is 1.16. The molecule has 0 N–H and O–H groups in total. The Bertz CT molecular complexity index is 3470. The zero-order chi connectivity index (χ0) is 37.5. The molecule has 0 saturated carbocycles. The first-order chi connectivity index (χ1) is 28.3. The van der Waals surface area contributed by atoms with Crippen LogP contribution in [0.1, 0.15) is 0 Å².